The molecule has 2 N–H and O–H groups in total. The lowest BCUT2D eigenvalue weighted by molar-refractivity contribution is -0.120. The molecule has 2 aromatic rings. The van der Waals surface area contributed by atoms with Gasteiger partial charge in [0.15, 0.2) is 0 Å². The van der Waals surface area contributed by atoms with Crippen molar-refractivity contribution in [3.8, 4) is 11.1 Å². The molecule has 1 aliphatic heterocycles. The molecule has 1 amide bonds. The van der Waals surface area contributed by atoms with Crippen molar-refractivity contribution in [2.75, 3.05) is 18.4 Å². The van der Waals surface area contributed by atoms with E-state index in [9.17, 15) is 4.79 Å². The van der Waals surface area contributed by atoms with E-state index in [-0.39, 0.29) is 11.8 Å². The zero-order chi connectivity index (χ0) is 15.4. The SMILES string of the molecule is O=C(Nc1cc(-c2cccnc2)c(Cl)cn1)[C@@H]1CCCNC1. The van der Waals surface area contributed by atoms with Crippen LogP contribution in [0.3, 0.4) is 0 Å². The van der Waals surface area contributed by atoms with E-state index in [2.05, 4.69) is 20.6 Å². The number of piperidine rings is 1. The van der Waals surface area contributed by atoms with E-state index in [1.54, 1.807) is 24.7 Å². The van der Waals surface area contributed by atoms with Crippen LogP contribution in [0.2, 0.25) is 5.02 Å². The first kappa shape index (κ1) is 14.9. The molecule has 3 heterocycles. The van der Waals surface area contributed by atoms with Gasteiger partial charge in [0, 0.05) is 36.3 Å². The second-order valence-electron chi connectivity index (χ2n) is 5.32. The van der Waals surface area contributed by atoms with Crippen molar-refractivity contribution in [3.05, 3.63) is 41.8 Å². The fraction of sp³-hybridized carbons (Fsp3) is 0.312. The first-order valence-corrected chi connectivity index (χ1v) is 7.69. The van der Waals surface area contributed by atoms with E-state index < -0.39 is 0 Å². The molecule has 0 spiro atoms. The van der Waals surface area contributed by atoms with E-state index in [0.29, 0.717) is 10.8 Å². The van der Waals surface area contributed by atoms with Gasteiger partial charge in [0.05, 0.1) is 10.9 Å². The lowest BCUT2D eigenvalue weighted by Crippen LogP contribution is -2.37. The molecule has 1 fully saturated rings. The highest BCUT2D eigenvalue weighted by Crippen LogP contribution is 2.28. The van der Waals surface area contributed by atoms with Crippen LogP contribution in [-0.4, -0.2) is 29.0 Å². The van der Waals surface area contributed by atoms with Gasteiger partial charge in [-0.3, -0.25) is 9.78 Å². The van der Waals surface area contributed by atoms with Gasteiger partial charge in [0.25, 0.3) is 0 Å². The van der Waals surface area contributed by atoms with Gasteiger partial charge in [0.1, 0.15) is 5.82 Å². The number of anilines is 1. The topological polar surface area (TPSA) is 66.9 Å². The van der Waals surface area contributed by atoms with Crippen molar-refractivity contribution < 1.29 is 4.79 Å². The Balaban J connectivity index is 1.79. The monoisotopic (exact) mass is 316 g/mol. The highest BCUT2D eigenvalue weighted by atomic mass is 35.5. The van der Waals surface area contributed by atoms with Gasteiger partial charge in [-0.15, -0.1) is 0 Å². The quantitative estimate of drug-likeness (QED) is 0.913. The fourth-order valence-corrected chi connectivity index (χ4v) is 2.77. The maximum absolute atomic E-state index is 12.3. The predicted molar refractivity (Wildman–Crippen MR) is 86.7 cm³/mol. The van der Waals surface area contributed by atoms with E-state index in [1.807, 2.05) is 12.1 Å². The minimum Gasteiger partial charge on any atom is -0.316 e. The third kappa shape index (κ3) is 3.43. The first-order valence-electron chi connectivity index (χ1n) is 7.31. The van der Waals surface area contributed by atoms with E-state index >= 15 is 0 Å². The maximum Gasteiger partial charge on any atom is 0.229 e. The largest absolute Gasteiger partial charge is 0.316 e. The summed E-state index contributed by atoms with van der Waals surface area (Å²) in [6.45, 7) is 1.70. The first-order chi connectivity index (χ1) is 10.7. The lowest BCUT2D eigenvalue weighted by Gasteiger charge is -2.21. The molecule has 114 valence electrons. The molecule has 3 rings (SSSR count). The zero-order valence-electron chi connectivity index (χ0n) is 12.1. The Bertz CT molecular complexity index is 656. The summed E-state index contributed by atoms with van der Waals surface area (Å²) < 4.78 is 0. The summed E-state index contributed by atoms with van der Waals surface area (Å²) in [6.07, 6.45) is 6.92. The summed E-state index contributed by atoms with van der Waals surface area (Å²) >= 11 is 6.20. The molecule has 0 aliphatic carbocycles. The molecule has 5 nitrogen and oxygen atoms in total. The standard InChI is InChI=1S/C16H17ClN4O/c17-14-10-20-15(7-13(14)11-3-1-5-18-8-11)21-16(22)12-4-2-6-19-9-12/h1,3,5,7-8,10,12,19H,2,4,6,9H2,(H,20,21,22)/t12-/m1/s1. The summed E-state index contributed by atoms with van der Waals surface area (Å²) in [4.78, 5) is 20.5. The Labute approximate surface area is 134 Å². The molecule has 6 heteroatoms. The highest BCUT2D eigenvalue weighted by Gasteiger charge is 2.21. The summed E-state index contributed by atoms with van der Waals surface area (Å²) in [5, 5.41) is 6.65. The second-order valence-corrected chi connectivity index (χ2v) is 5.73. The maximum atomic E-state index is 12.3. The number of nitrogens with one attached hydrogen (secondary N) is 2. The third-order valence-electron chi connectivity index (χ3n) is 3.75. The Morgan fingerprint density at radius 1 is 1.41 bits per heavy atom. The normalized spacial score (nSPS) is 18.0. The summed E-state index contributed by atoms with van der Waals surface area (Å²) in [6, 6.07) is 5.55. The smallest absolute Gasteiger partial charge is 0.229 e. The molecule has 0 saturated carbocycles. The Morgan fingerprint density at radius 2 is 2.32 bits per heavy atom. The molecule has 2 aromatic heterocycles. The molecule has 22 heavy (non-hydrogen) atoms. The average molecular weight is 317 g/mol. The molecule has 1 aliphatic rings. The van der Waals surface area contributed by atoms with Gasteiger partial charge in [-0.2, -0.15) is 0 Å². The van der Waals surface area contributed by atoms with Crippen molar-refractivity contribution in [1.82, 2.24) is 15.3 Å². The number of hydrogen-bond acceptors (Lipinski definition) is 4. The summed E-state index contributed by atoms with van der Waals surface area (Å²) in [5.74, 6) is 0.506. The third-order valence-corrected chi connectivity index (χ3v) is 4.05. The molecule has 0 radical (unpaired) electrons. The number of amides is 1. The van der Waals surface area contributed by atoms with Gasteiger partial charge in [-0.1, -0.05) is 17.7 Å². The van der Waals surface area contributed by atoms with E-state index in [1.165, 1.54) is 0 Å². The summed E-state index contributed by atoms with van der Waals surface area (Å²) in [5.41, 5.74) is 1.70. The van der Waals surface area contributed by atoms with Crippen LogP contribution < -0.4 is 10.6 Å². The van der Waals surface area contributed by atoms with Crippen molar-refractivity contribution >= 4 is 23.3 Å². The molecule has 1 atom stereocenters. The van der Waals surface area contributed by atoms with Crippen LogP contribution in [0.15, 0.2) is 36.8 Å². The van der Waals surface area contributed by atoms with Crippen LogP contribution in [-0.2, 0) is 4.79 Å². The Kier molecular flexibility index (Phi) is 4.65. The minimum atomic E-state index is -0.00642. The van der Waals surface area contributed by atoms with Crippen LogP contribution in [0.5, 0.6) is 0 Å². The van der Waals surface area contributed by atoms with Crippen LogP contribution in [0.25, 0.3) is 11.1 Å². The van der Waals surface area contributed by atoms with Crippen molar-refractivity contribution in [2.24, 2.45) is 5.92 Å². The van der Waals surface area contributed by atoms with Gasteiger partial charge < -0.3 is 10.6 Å². The molecule has 0 unspecified atom stereocenters. The fourth-order valence-electron chi connectivity index (χ4n) is 2.55. The highest BCUT2D eigenvalue weighted by molar-refractivity contribution is 6.33. The van der Waals surface area contributed by atoms with Gasteiger partial charge in [-0.25, -0.2) is 4.98 Å². The van der Waals surface area contributed by atoms with Gasteiger partial charge >= 0.3 is 0 Å². The Morgan fingerprint density at radius 3 is 3.05 bits per heavy atom. The second kappa shape index (κ2) is 6.85. The average Bonchev–Trinajstić information content (AvgIpc) is 2.58. The number of pyridine rings is 2. The summed E-state index contributed by atoms with van der Waals surface area (Å²) in [7, 11) is 0. The van der Waals surface area contributed by atoms with Crippen LogP contribution in [0, 0.1) is 5.92 Å². The number of carbonyl (C=O) groups is 1. The van der Waals surface area contributed by atoms with Gasteiger partial charge in [-0.05, 0) is 31.5 Å². The minimum absolute atomic E-state index is 0.000779. The lowest BCUT2D eigenvalue weighted by atomic mass is 9.99. The number of carbonyl (C=O) groups excluding carboxylic acids is 1. The van der Waals surface area contributed by atoms with E-state index in [0.717, 1.165) is 37.1 Å². The van der Waals surface area contributed by atoms with Crippen LogP contribution >= 0.6 is 11.6 Å². The molecule has 1 saturated heterocycles. The number of aromatic nitrogens is 2. The molecule has 0 aromatic carbocycles. The van der Waals surface area contributed by atoms with Crippen molar-refractivity contribution in [2.45, 2.75) is 12.8 Å². The number of nitrogens with zero attached hydrogens (tertiary/aromatic N) is 2. The van der Waals surface area contributed by atoms with Crippen molar-refractivity contribution in [1.29, 1.82) is 0 Å². The molecular formula is C16H17ClN4O. The molecule has 0 bridgehead atoms. The Hall–Kier alpha value is -1.98. The molecular weight excluding hydrogens is 300 g/mol. The number of halogens is 1. The van der Waals surface area contributed by atoms with Gasteiger partial charge in [0.2, 0.25) is 5.91 Å². The van der Waals surface area contributed by atoms with Crippen LogP contribution in [0.4, 0.5) is 5.82 Å². The zero-order valence-corrected chi connectivity index (χ0v) is 12.8. The predicted octanol–water partition coefficient (Wildman–Crippen LogP) is 2.74. The van der Waals surface area contributed by atoms with E-state index in [4.69, 9.17) is 11.6 Å². The van der Waals surface area contributed by atoms with Crippen LogP contribution in [0.1, 0.15) is 12.8 Å². The van der Waals surface area contributed by atoms with Crippen molar-refractivity contribution in [3.63, 3.8) is 0 Å². The number of hydrogen-bond donors (Lipinski definition) is 2. The number of rotatable bonds is 3.